The van der Waals surface area contributed by atoms with Crippen LogP contribution in [0.1, 0.15) is 34.1 Å². The SMILES string of the molecule is CCc1ccc(NC(=O)c2ccc(NCc3cccc(C)c3)cn2)cc1. The lowest BCUT2D eigenvalue weighted by Gasteiger charge is -2.08. The lowest BCUT2D eigenvalue weighted by atomic mass is 10.1. The molecule has 0 saturated carbocycles. The maximum absolute atomic E-state index is 12.3. The first-order valence-corrected chi connectivity index (χ1v) is 8.80. The Morgan fingerprint density at radius 3 is 2.38 bits per heavy atom. The second-order valence-corrected chi connectivity index (χ2v) is 6.28. The summed E-state index contributed by atoms with van der Waals surface area (Å²) in [6.07, 6.45) is 2.66. The molecule has 0 aliphatic heterocycles. The molecule has 4 heteroatoms. The van der Waals surface area contributed by atoms with E-state index in [0.29, 0.717) is 5.69 Å². The van der Waals surface area contributed by atoms with Crippen molar-refractivity contribution in [1.82, 2.24) is 4.98 Å². The van der Waals surface area contributed by atoms with Crippen LogP contribution < -0.4 is 10.6 Å². The van der Waals surface area contributed by atoms with Gasteiger partial charge in [-0.05, 0) is 48.7 Å². The van der Waals surface area contributed by atoms with Crippen LogP contribution in [0.3, 0.4) is 0 Å². The minimum absolute atomic E-state index is 0.209. The summed E-state index contributed by atoms with van der Waals surface area (Å²) >= 11 is 0. The number of nitrogens with one attached hydrogen (secondary N) is 2. The fraction of sp³-hybridized carbons (Fsp3) is 0.182. The second kappa shape index (κ2) is 8.30. The summed E-state index contributed by atoms with van der Waals surface area (Å²) in [5.74, 6) is -0.209. The van der Waals surface area contributed by atoms with Crippen LogP contribution in [-0.4, -0.2) is 10.9 Å². The van der Waals surface area contributed by atoms with Crippen LogP contribution in [0.2, 0.25) is 0 Å². The van der Waals surface area contributed by atoms with Crippen LogP contribution in [0.15, 0.2) is 66.9 Å². The number of pyridine rings is 1. The van der Waals surface area contributed by atoms with Gasteiger partial charge in [0.25, 0.3) is 5.91 Å². The molecule has 0 fully saturated rings. The van der Waals surface area contributed by atoms with Gasteiger partial charge in [-0.2, -0.15) is 0 Å². The Morgan fingerprint density at radius 2 is 1.73 bits per heavy atom. The molecule has 3 rings (SSSR count). The van der Waals surface area contributed by atoms with Crippen molar-refractivity contribution in [2.45, 2.75) is 26.8 Å². The van der Waals surface area contributed by atoms with E-state index in [0.717, 1.165) is 24.3 Å². The molecule has 2 aromatic carbocycles. The molecule has 0 bridgehead atoms. The van der Waals surface area contributed by atoms with Crippen LogP contribution >= 0.6 is 0 Å². The largest absolute Gasteiger partial charge is 0.380 e. The van der Waals surface area contributed by atoms with Gasteiger partial charge in [0.1, 0.15) is 5.69 Å². The van der Waals surface area contributed by atoms with Gasteiger partial charge in [0.05, 0.1) is 11.9 Å². The number of carbonyl (C=O) groups excluding carboxylic acids is 1. The molecule has 1 aromatic heterocycles. The number of amides is 1. The topological polar surface area (TPSA) is 54.0 Å². The molecular weight excluding hydrogens is 322 g/mol. The number of benzene rings is 2. The average Bonchev–Trinajstić information content (AvgIpc) is 2.67. The molecule has 26 heavy (non-hydrogen) atoms. The number of carbonyl (C=O) groups is 1. The lowest BCUT2D eigenvalue weighted by molar-refractivity contribution is 0.102. The number of nitrogens with zero attached hydrogens (tertiary/aromatic N) is 1. The minimum atomic E-state index is -0.209. The maximum Gasteiger partial charge on any atom is 0.274 e. The highest BCUT2D eigenvalue weighted by molar-refractivity contribution is 6.02. The van der Waals surface area contributed by atoms with Crippen molar-refractivity contribution in [3.05, 3.63) is 89.2 Å². The van der Waals surface area contributed by atoms with Crippen molar-refractivity contribution in [2.75, 3.05) is 10.6 Å². The predicted molar refractivity (Wildman–Crippen MR) is 107 cm³/mol. The Balaban J connectivity index is 1.58. The van der Waals surface area contributed by atoms with Crippen molar-refractivity contribution in [2.24, 2.45) is 0 Å². The fourth-order valence-corrected chi connectivity index (χ4v) is 2.68. The van der Waals surface area contributed by atoms with Gasteiger partial charge in [-0.15, -0.1) is 0 Å². The zero-order valence-corrected chi connectivity index (χ0v) is 15.1. The molecule has 1 heterocycles. The highest BCUT2D eigenvalue weighted by Gasteiger charge is 2.07. The molecule has 2 N–H and O–H groups in total. The summed E-state index contributed by atoms with van der Waals surface area (Å²) in [5.41, 5.74) is 5.74. The van der Waals surface area contributed by atoms with Crippen LogP contribution in [0.5, 0.6) is 0 Å². The molecular formula is C22H23N3O. The molecule has 0 radical (unpaired) electrons. The quantitative estimate of drug-likeness (QED) is 0.673. The number of rotatable bonds is 6. The zero-order valence-electron chi connectivity index (χ0n) is 15.1. The third-order valence-electron chi connectivity index (χ3n) is 4.20. The van der Waals surface area contributed by atoms with Crippen molar-refractivity contribution < 1.29 is 4.79 Å². The van der Waals surface area contributed by atoms with E-state index in [9.17, 15) is 4.79 Å². The third kappa shape index (κ3) is 4.70. The van der Waals surface area contributed by atoms with E-state index in [-0.39, 0.29) is 5.91 Å². The standard InChI is InChI=1S/C22H23N3O/c1-3-17-7-9-19(10-8-17)25-22(26)21-12-11-20(15-24-21)23-14-18-6-4-5-16(2)13-18/h4-13,15,23H,3,14H2,1-2H3,(H,25,26). The first kappa shape index (κ1) is 17.7. The molecule has 0 saturated heterocycles. The molecule has 0 unspecified atom stereocenters. The van der Waals surface area contributed by atoms with Crippen molar-refractivity contribution in [3.63, 3.8) is 0 Å². The Morgan fingerprint density at radius 1 is 0.962 bits per heavy atom. The van der Waals surface area contributed by atoms with Crippen molar-refractivity contribution in [3.8, 4) is 0 Å². The van der Waals surface area contributed by atoms with Gasteiger partial charge in [0.2, 0.25) is 0 Å². The summed E-state index contributed by atoms with van der Waals surface area (Å²) < 4.78 is 0. The van der Waals surface area contributed by atoms with Crippen LogP contribution in [0.25, 0.3) is 0 Å². The Bertz CT molecular complexity index is 871. The van der Waals surface area contributed by atoms with E-state index in [1.54, 1.807) is 12.3 Å². The van der Waals surface area contributed by atoms with Crippen LogP contribution in [0.4, 0.5) is 11.4 Å². The number of aryl methyl sites for hydroxylation is 2. The monoisotopic (exact) mass is 345 g/mol. The van der Waals surface area contributed by atoms with E-state index in [1.807, 2.05) is 36.4 Å². The van der Waals surface area contributed by atoms with Gasteiger partial charge in [-0.1, -0.05) is 48.9 Å². The Labute approximate surface area is 154 Å². The smallest absolute Gasteiger partial charge is 0.274 e. The number of hydrogen-bond acceptors (Lipinski definition) is 3. The van der Waals surface area contributed by atoms with E-state index in [1.165, 1.54) is 16.7 Å². The van der Waals surface area contributed by atoms with Gasteiger partial charge in [0, 0.05) is 12.2 Å². The third-order valence-corrected chi connectivity index (χ3v) is 4.20. The van der Waals surface area contributed by atoms with Gasteiger partial charge in [-0.25, -0.2) is 4.98 Å². The molecule has 132 valence electrons. The van der Waals surface area contributed by atoms with Crippen LogP contribution in [0, 0.1) is 6.92 Å². The van der Waals surface area contributed by atoms with E-state index < -0.39 is 0 Å². The molecule has 0 atom stereocenters. The molecule has 0 aliphatic carbocycles. The highest BCUT2D eigenvalue weighted by Crippen LogP contribution is 2.13. The van der Waals surface area contributed by atoms with Gasteiger partial charge in [0.15, 0.2) is 0 Å². The van der Waals surface area contributed by atoms with E-state index in [2.05, 4.69) is 47.7 Å². The lowest BCUT2D eigenvalue weighted by Crippen LogP contribution is -2.13. The van der Waals surface area contributed by atoms with E-state index >= 15 is 0 Å². The minimum Gasteiger partial charge on any atom is -0.380 e. The Hall–Kier alpha value is -3.14. The molecule has 0 spiro atoms. The van der Waals surface area contributed by atoms with Gasteiger partial charge < -0.3 is 10.6 Å². The fourth-order valence-electron chi connectivity index (χ4n) is 2.68. The number of aromatic nitrogens is 1. The van der Waals surface area contributed by atoms with Gasteiger partial charge in [-0.3, -0.25) is 4.79 Å². The maximum atomic E-state index is 12.3. The Kier molecular flexibility index (Phi) is 5.64. The average molecular weight is 345 g/mol. The molecule has 0 aliphatic rings. The second-order valence-electron chi connectivity index (χ2n) is 6.28. The first-order valence-electron chi connectivity index (χ1n) is 8.80. The summed E-state index contributed by atoms with van der Waals surface area (Å²) in [6.45, 7) is 4.90. The van der Waals surface area contributed by atoms with Crippen LogP contribution in [-0.2, 0) is 13.0 Å². The van der Waals surface area contributed by atoms with Crippen molar-refractivity contribution >= 4 is 17.3 Å². The summed E-state index contributed by atoms with van der Waals surface area (Å²) in [5, 5.41) is 6.19. The van der Waals surface area contributed by atoms with Crippen molar-refractivity contribution in [1.29, 1.82) is 0 Å². The highest BCUT2D eigenvalue weighted by atomic mass is 16.1. The predicted octanol–water partition coefficient (Wildman–Crippen LogP) is 4.82. The summed E-state index contributed by atoms with van der Waals surface area (Å²) in [7, 11) is 0. The number of anilines is 2. The summed E-state index contributed by atoms with van der Waals surface area (Å²) in [4.78, 5) is 16.6. The number of hydrogen-bond donors (Lipinski definition) is 2. The first-order chi connectivity index (χ1) is 12.6. The van der Waals surface area contributed by atoms with Gasteiger partial charge >= 0.3 is 0 Å². The van der Waals surface area contributed by atoms with E-state index in [4.69, 9.17) is 0 Å². The molecule has 4 nitrogen and oxygen atoms in total. The summed E-state index contributed by atoms with van der Waals surface area (Å²) in [6, 6.07) is 19.8. The zero-order chi connectivity index (χ0) is 18.4. The molecule has 1 amide bonds. The normalized spacial score (nSPS) is 10.4. The molecule has 3 aromatic rings.